The Morgan fingerprint density at radius 3 is 2.40 bits per heavy atom. The van der Waals surface area contributed by atoms with E-state index in [4.69, 9.17) is 9.47 Å². The Kier molecular flexibility index (Phi) is 6.82. The highest BCUT2D eigenvalue weighted by atomic mass is 32.2. The fourth-order valence-electron chi connectivity index (χ4n) is 3.88. The maximum atomic E-state index is 13.4. The third-order valence-electron chi connectivity index (χ3n) is 5.46. The molecule has 0 bridgehead atoms. The Morgan fingerprint density at radius 1 is 1.20 bits per heavy atom. The summed E-state index contributed by atoms with van der Waals surface area (Å²) in [4.78, 5) is 12.5. The average molecular weight is 436 g/mol. The minimum absolute atomic E-state index is 0.0553. The summed E-state index contributed by atoms with van der Waals surface area (Å²) in [5, 5.41) is 4.47. The lowest BCUT2D eigenvalue weighted by molar-refractivity contribution is 0.0508. The second kappa shape index (κ2) is 9.18. The van der Waals surface area contributed by atoms with Gasteiger partial charge >= 0.3 is 5.97 Å². The summed E-state index contributed by atoms with van der Waals surface area (Å²) in [6, 6.07) is 7.02. The van der Waals surface area contributed by atoms with Crippen LogP contribution in [0.3, 0.4) is 0 Å². The van der Waals surface area contributed by atoms with Crippen LogP contribution in [-0.4, -0.2) is 44.0 Å². The van der Waals surface area contributed by atoms with Crippen molar-refractivity contribution in [3.8, 4) is 0 Å². The molecule has 1 aromatic carbocycles. The van der Waals surface area contributed by atoms with Crippen molar-refractivity contribution in [2.24, 2.45) is 7.05 Å². The molecule has 8 nitrogen and oxygen atoms in total. The van der Waals surface area contributed by atoms with Crippen LogP contribution in [-0.2, 0) is 26.5 Å². The van der Waals surface area contributed by atoms with Gasteiger partial charge in [-0.25, -0.2) is 13.2 Å². The van der Waals surface area contributed by atoms with Gasteiger partial charge in [-0.05, 0) is 51.7 Å². The summed E-state index contributed by atoms with van der Waals surface area (Å²) >= 11 is 0. The molecule has 1 saturated carbocycles. The van der Waals surface area contributed by atoms with Crippen LogP contribution in [0.15, 0.2) is 29.2 Å². The summed E-state index contributed by atoms with van der Waals surface area (Å²) in [5.41, 5.74) is 1.80. The number of carbonyl (C=O) groups excluding carboxylic acids is 1. The molecule has 0 amide bonds. The molecule has 0 atom stereocenters. The number of rotatable bonds is 7. The highest BCUT2D eigenvalue weighted by molar-refractivity contribution is 7.92. The van der Waals surface area contributed by atoms with E-state index >= 15 is 0 Å². The molecular formula is C21H29N3O5S. The molecule has 30 heavy (non-hydrogen) atoms. The number of hydrogen-bond acceptors (Lipinski definition) is 6. The lowest BCUT2D eigenvalue weighted by Gasteiger charge is -2.27. The number of carbonyl (C=O) groups is 1. The molecule has 1 aliphatic carbocycles. The molecule has 0 aliphatic heterocycles. The number of ether oxygens (including phenoxy) is 2. The first kappa shape index (κ1) is 22.3. The number of nitrogens with zero attached hydrogens (tertiary/aromatic N) is 2. The van der Waals surface area contributed by atoms with Gasteiger partial charge in [0.05, 0.1) is 18.4 Å². The zero-order chi connectivity index (χ0) is 21.9. The van der Waals surface area contributed by atoms with Crippen molar-refractivity contribution in [1.29, 1.82) is 0 Å². The molecule has 3 rings (SSSR count). The Bertz CT molecular complexity index is 990. The number of aryl methyl sites for hydroxylation is 2. The molecule has 0 spiro atoms. The van der Waals surface area contributed by atoms with Crippen molar-refractivity contribution < 1.29 is 22.7 Å². The van der Waals surface area contributed by atoms with E-state index in [1.165, 1.54) is 4.68 Å². The van der Waals surface area contributed by atoms with Crippen LogP contribution in [0.1, 0.15) is 60.3 Å². The number of anilines is 1. The largest absolute Gasteiger partial charge is 0.461 e. The topological polar surface area (TPSA) is 99.5 Å². The van der Waals surface area contributed by atoms with E-state index in [0.717, 1.165) is 31.2 Å². The standard InChI is InChI=1S/C21H29N3O5S/c1-5-29-21(25)19-20(30(26,27)23-16-10-6-14(2)7-11-16)18(22-24(19)3)15-8-12-17(28-4)13-9-15/h6-7,10-11,15,17,23H,5,8-9,12-13H2,1-4H3. The van der Waals surface area contributed by atoms with Gasteiger partial charge in [-0.2, -0.15) is 5.10 Å². The molecule has 1 N–H and O–H groups in total. The number of methoxy groups -OCH3 is 1. The minimum Gasteiger partial charge on any atom is -0.461 e. The highest BCUT2D eigenvalue weighted by Gasteiger charge is 2.37. The van der Waals surface area contributed by atoms with Gasteiger partial charge in [-0.15, -0.1) is 0 Å². The van der Waals surface area contributed by atoms with E-state index in [1.807, 2.05) is 19.1 Å². The third kappa shape index (κ3) is 4.67. The van der Waals surface area contributed by atoms with Crippen molar-refractivity contribution in [2.45, 2.75) is 56.4 Å². The number of nitrogens with one attached hydrogen (secondary N) is 1. The third-order valence-corrected chi connectivity index (χ3v) is 6.91. The van der Waals surface area contributed by atoms with Crippen LogP contribution >= 0.6 is 0 Å². The van der Waals surface area contributed by atoms with Crippen molar-refractivity contribution in [1.82, 2.24) is 9.78 Å². The van der Waals surface area contributed by atoms with Gasteiger partial charge in [0.1, 0.15) is 4.90 Å². The zero-order valence-electron chi connectivity index (χ0n) is 17.8. The van der Waals surface area contributed by atoms with E-state index in [9.17, 15) is 13.2 Å². The minimum atomic E-state index is -4.06. The molecule has 1 aromatic heterocycles. The first-order chi connectivity index (χ1) is 14.3. The number of esters is 1. The fourth-order valence-corrected chi connectivity index (χ4v) is 5.38. The predicted octanol–water partition coefficient (Wildman–Crippen LogP) is 3.38. The van der Waals surface area contributed by atoms with Gasteiger partial charge in [0.25, 0.3) is 10.0 Å². The lowest BCUT2D eigenvalue weighted by atomic mass is 9.85. The Hall–Kier alpha value is -2.39. The van der Waals surface area contributed by atoms with E-state index in [0.29, 0.717) is 11.4 Å². The highest BCUT2D eigenvalue weighted by Crippen LogP contribution is 2.38. The maximum Gasteiger partial charge on any atom is 0.358 e. The Morgan fingerprint density at radius 2 is 1.83 bits per heavy atom. The van der Waals surface area contributed by atoms with Gasteiger partial charge in [-0.1, -0.05) is 17.7 Å². The van der Waals surface area contributed by atoms with Crippen LogP contribution in [0.2, 0.25) is 0 Å². The summed E-state index contributed by atoms with van der Waals surface area (Å²) in [6.45, 7) is 3.75. The first-order valence-corrected chi connectivity index (χ1v) is 11.6. The van der Waals surface area contributed by atoms with Gasteiger partial charge in [0, 0.05) is 25.8 Å². The first-order valence-electron chi connectivity index (χ1n) is 10.1. The van der Waals surface area contributed by atoms with Gasteiger partial charge in [-0.3, -0.25) is 9.40 Å². The zero-order valence-corrected chi connectivity index (χ0v) is 18.7. The Balaban J connectivity index is 2.05. The lowest BCUT2D eigenvalue weighted by Crippen LogP contribution is -2.23. The summed E-state index contributed by atoms with van der Waals surface area (Å²) in [5.74, 6) is -0.774. The summed E-state index contributed by atoms with van der Waals surface area (Å²) < 4.78 is 41.3. The number of aromatic nitrogens is 2. The number of sulfonamides is 1. The van der Waals surface area contributed by atoms with Crippen LogP contribution in [0, 0.1) is 6.92 Å². The molecule has 0 radical (unpaired) electrons. The summed E-state index contributed by atoms with van der Waals surface area (Å²) in [7, 11) is -0.806. The molecule has 164 valence electrons. The van der Waals surface area contributed by atoms with Crippen LogP contribution < -0.4 is 4.72 Å². The van der Waals surface area contributed by atoms with E-state index < -0.39 is 16.0 Å². The van der Waals surface area contributed by atoms with Crippen molar-refractivity contribution in [2.75, 3.05) is 18.4 Å². The Labute approximate surface area is 177 Å². The quantitative estimate of drug-likeness (QED) is 0.670. The molecule has 1 aliphatic rings. The molecule has 2 aromatic rings. The smallest absolute Gasteiger partial charge is 0.358 e. The fraction of sp³-hybridized carbons (Fsp3) is 0.524. The molecule has 1 fully saturated rings. The van der Waals surface area contributed by atoms with Crippen LogP contribution in [0.4, 0.5) is 5.69 Å². The van der Waals surface area contributed by atoms with Gasteiger partial charge < -0.3 is 9.47 Å². The molecule has 0 unspecified atom stereocenters. The van der Waals surface area contributed by atoms with E-state index in [-0.39, 0.29) is 29.2 Å². The second-order valence-electron chi connectivity index (χ2n) is 7.59. The van der Waals surface area contributed by atoms with Crippen molar-refractivity contribution >= 4 is 21.7 Å². The van der Waals surface area contributed by atoms with E-state index in [1.54, 1.807) is 33.2 Å². The van der Waals surface area contributed by atoms with Crippen molar-refractivity contribution in [3.63, 3.8) is 0 Å². The normalized spacial score (nSPS) is 19.5. The van der Waals surface area contributed by atoms with Gasteiger partial charge in [0.2, 0.25) is 0 Å². The van der Waals surface area contributed by atoms with Crippen LogP contribution in [0.25, 0.3) is 0 Å². The predicted molar refractivity (Wildman–Crippen MR) is 113 cm³/mol. The monoisotopic (exact) mass is 435 g/mol. The number of benzene rings is 1. The molecule has 1 heterocycles. The SMILES string of the molecule is CCOC(=O)c1c(S(=O)(=O)Nc2ccc(C)cc2)c(C2CCC(OC)CC2)nn1C. The van der Waals surface area contributed by atoms with E-state index in [2.05, 4.69) is 9.82 Å². The molecular weight excluding hydrogens is 406 g/mol. The summed E-state index contributed by atoms with van der Waals surface area (Å²) in [6.07, 6.45) is 3.28. The molecule has 9 heteroatoms. The van der Waals surface area contributed by atoms with Gasteiger partial charge in [0.15, 0.2) is 5.69 Å². The molecule has 0 saturated heterocycles. The second-order valence-corrected chi connectivity index (χ2v) is 9.21. The van der Waals surface area contributed by atoms with Crippen LogP contribution in [0.5, 0.6) is 0 Å². The maximum absolute atomic E-state index is 13.4. The average Bonchev–Trinajstić information content (AvgIpc) is 3.08. The number of hydrogen-bond donors (Lipinski definition) is 1. The van der Waals surface area contributed by atoms with Crippen molar-refractivity contribution in [3.05, 3.63) is 41.2 Å².